The van der Waals surface area contributed by atoms with Gasteiger partial charge in [-0.15, -0.1) is 0 Å². The van der Waals surface area contributed by atoms with E-state index in [-0.39, 0.29) is 31.2 Å². The second-order valence-corrected chi connectivity index (χ2v) is 6.32. The maximum Gasteiger partial charge on any atom is 0.354 e. The normalized spacial score (nSPS) is 16.0. The summed E-state index contributed by atoms with van der Waals surface area (Å²) in [6.45, 7) is 4.08. The van der Waals surface area contributed by atoms with E-state index in [0.717, 1.165) is 5.69 Å². The maximum absolute atomic E-state index is 13.1. The number of ether oxygens (including phenoxy) is 1. The topological polar surface area (TPSA) is 101 Å². The molecule has 0 saturated carbocycles. The van der Waals surface area contributed by atoms with Crippen LogP contribution >= 0.6 is 0 Å². The molecule has 1 unspecified atom stereocenters. The van der Waals surface area contributed by atoms with E-state index in [1.807, 2.05) is 37.3 Å². The standard InChI is InChI=1S/C19H23N5O4/c1-4-16-20-17(28-22-16)12-23(3)18(25)15-11-14(19(26)27-5-2)21-24(15)13-9-7-6-8-10-13/h6-10,15H,4-5,11-12H2,1-3H3. The summed E-state index contributed by atoms with van der Waals surface area (Å²) >= 11 is 0. The zero-order valence-electron chi connectivity index (χ0n) is 16.2. The van der Waals surface area contributed by atoms with Crippen LogP contribution in [0.25, 0.3) is 0 Å². The van der Waals surface area contributed by atoms with Gasteiger partial charge >= 0.3 is 5.97 Å². The minimum absolute atomic E-state index is 0.168. The van der Waals surface area contributed by atoms with E-state index in [9.17, 15) is 9.59 Å². The number of hydrogen-bond donors (Lipinski definition) is 0. The van der Waals surface area contributed by atoms with Crippen LogP contribution in [-0.2, 0) is 27.3 Å². The lowest BCUT2D eigenvalue weighted by atomic mass is 10.1. The molecule has 9 heteroatoms. The number of likely N-dealkylation sites (N-methyl/N-ethyl adjacent to an activating group) is 1. The second-order valence-electron chi connectivity index (χ2n) is 6.32. The van der Waals surface area contributed by atoms with Crippen LogP contribution in [0, 0.1) is 0 Å². The summed E-state index contributed by atoms with van der Waals surface area (Å²) in [5.41, 5.74) is 0.947. The van der Waals surface area contributed by atoms with E-state index in [2.05, 4.69) is 15.2 Å². The third-order valence-corrected chi connectivity index (χ3v) is 4.30. The van der Waals surface area contributed by atoms with Crippen molar-refractivity contribution in [2.24, 2.45) is 5.10 Å². The Kier molecular flexibility index (Phi) is 6.03. The Bertz CT molecular complexity index is 864. The number of amides is 1. The summed E-state index contributed by atoms with van der Waals surface area (Å²) in [5.74, 6) is 0.244. The van der Waals surface area contributed by atoms with Gasteiger partial charge in [-0.05, 0) is 19.1 Å². The fourth-order valence-electron chi connectivity index (χ4n) is 2.89. The highest BCUT2D eigenvalue weighted by molar-refractivity contribution is 6.38. The van der Waals surface area contributed by atoms with Crippen LogP contribution in [0.1, 0.15) is 32.0 Å². The third-order valence-electron chi connectivity index (χ3n) is 4.30. The summed E-state index contributed by atoms with van der Waals surface area (Å²) in [7, 11) is 1.66. The van der Waals surface area contributed by atoms with Crippen molar-refractivity contribution in [3.63, 3.8) is 0 Å². The smallest absolute Gasteiger partial charge is 0.354 e. The van der Waals surface area contributed by atoms with Crippen LogP contribution in [0.4, 0.5) is 5.69 Å². The highest BCUT2D eigenvalue weighted by Gasteiger charge is 2.38. The number of nitrogens with zero attached hydrogens (tertiary/aromatic N) is 5. The summed E-state index contributed by atoms with van der Waals surface area (Å²) in [6.07, 6.45) is 0.823. The minimum Gasteiger partial charge on any atom is -0.461 e. The molecule has 1 aliphatic heterocycles. The van der Waals surface area contributed by atoms with Gasteiger partial charge in [0.05, 0.1) is 18.8 Å². The van der Waals surface area contributed by atoms with Crippen LogP contribution < -0.4 is 5.01 Å². The maximum atomic E-state index is 13.1. The van der Waals surface area contributed by atoms with Crippen molar-refractivity contribution < 1.29 is 18.8 Å². The Balaban J connectivity index is 1.79. The number of aromatic nitrogens is 2. The molecule has 1 atom stereocenters. The number of hydrogen-bond acceptors (Lipinski definition) is 8. The largest absolute Gasteiger partial charge is 0.461 e. The van der Waals surface area contributed by atoms with Crippen LogP contribution in [0.15, 0.2) is 40.0 Å². The highest BCUT2D eigenvalue weighted by atomic mass is 16.5. The Morgan fingerprint density at radius 3 is 2.68 bits per heavy atom. The van der Waals surface area contributed by atoms with Crippen molar-refractivity contribution in [1.29, 1.82) is 0 Å². The Labute approximate surface area is 163 Å². The van der Waals surface area contributed by atoms with Gasteiger partial charge in [-0.1, -0.05) is 30.3 Å². The highest BCUT2D eigenvalue weighted by Crippen LogP contribution is 2.26. The number of carbonyl (C=O) groups is 2. The molecule has 0 fully saturated rings. The molecule has 2 aromatic rings. The van der Waals surface area contributed by atoms with E-state index in [1.54, 1.807) is 19.0 Å². The zero-order valence-corrected chi connectivity index (χ0v) is 16.2. The molecular formula is C19H23N5O4. The van der Waals surface area contributed by atoms with Gasteiger partial charge in [0.15, 0.2) is 5.82 Å². The van der Waals surface area contributed by atoms with Crippen molar-refractivity contribution >= 4 is 23.3 Å². The SMILES string of the molecule is CCOC(=O)C1=NN(c2ccccc2)C(C(=O)N(C)Cc2nc(CC)no2)C1. The zero-order chi connectivity index (χ0) is 20.1. The first kappa shape index (κ1) is 19.5. The van der Waals surface area contributed by atoms with Gasteiger partial charge in [-0.3, -0.25) is 9.80 Å². The van der Waals surface area contributed by atoms with Crippen molar-refractivity contribution in [3.05, 3.63) is 42.0 Å². The molecule has 1 amide bonds. The van der Waals surface area contributed by atoms with Crippen molar-refractivity contribution in [3.8, 4) is 0 Å². The summed E-state index contributed by atoms with van der Waals surface area (Å²) < 4.78 is 10.2. The lowest BCUT2D eigenvalue weighted by molar-refractivity contribution is -0.135. The average molecular weight is 385 g/mol. The molecule has 0 aliphatic carbocycles. The first-order chi connectivity index (χ1) is 13.5. The van der Waals surface area contributed by atoms with Crippen LogP contribution in [0.5, 0.6) is 0 Å². The molecule has 2 heterocycles. The van der Waals surface area contributed by atoms with Gasteiger partial charge in [-0.2, -0.15) is 10.1 Å². The molecule has 1 aromatic heterocycles. The molecule has 1 aromatic carbocycles. The predicted octanol–water partition coefficient (Wildman–Crippen LogP) is 1.79. The Hall–Kier alpha value is -3.23. The Morgan fingerprint density at radius 2 is 2.04 bits per heavy atom. The number of benzene rings is 1. The Morgan fingerprint density at radius 1 is 1.29 bits per heavy atom. The average Bonchev–Trinajstić information content (AvgIpc) is 3.35. The second kappa shape index (κ2) is 8.64. The number of hydrazone groups is 1. The summed E-state index contributed by atoms with van der Waals surface area (Å²) in [5, 5.41) is 9.77. The van der Waals surface area contributed by atoms with Gasteiger partial charge in [0, 0.05) is 19.9 Å². The molecule has 0 spiro atoms. The number of esters is 1. The fraction of sp³-hybridized carbons (Fsp3) is 0.421. The minimum atomic E-state index is -0.652. The predicted molar refractivity (Wildman–Crippen MR) is 102 cm³/mol. The number of para-hydroxylation sites is 1. The molecular weight excluding hydrogens is 362 g/mol. The van der Waals surface area contributed by atoms with E-state index < -0.39 is 12.0 Å². The van der Waals surface area contributed by atoms with Crippen LogP contribution in [-0.4, -0.2) is 52.3 Å². The molecule has 148 valence electrons. The van der Waals surface area contributed by atoms with Gasteiger partial charge < -0.3 is 14.2 Å². The van der Waals surface area contributed by atoms with Crippen LogP contribution in [0.3, 0.4) is 0 Å². The molecule has 9 nitrogen and oxygen atoms in total. The molecule has 0 bridgehead atoms. The lowest BCUT2D eigenvalue weighted by Gasteiger charge is -2.26. The van der Waals surface area contributed by atoms with Crippen molar-refractivity contribution in [1.82, 2.24) is 15.0 Å². The third kappa shape index (κ3) is 4.19. The monoisotopic (exact) mass is 385 g/mol. The van der Waals surface area contributed by atoms with Gasteiger partial charge in [-0.25, -0.2) is 4.79 Å². The molecule has 0 N–H and O–H groups in total. The summed E-state index contributed by atoms with van der Waals surface area (Å²) in [4.78, 5) is 31.0. The van der Waals surface area contributed by atoms with E-state index >= 15 is 0 Å². The number of anilines is 1. The van der Waals surface area contributed by atoms with Gasteiger partial charge in [0.25, 0.3) is 0 Å². The number of carbonyl (C=O) groups excluding carboxylic acids is 2. The van der Waals surface area contributed by atoms with Crippen molar-refractivity contribution in [2.45, 2.75) is 39.3 Å². The number of aryl methyl sites for hydroxylation is 1. The van der Waals surface area contributed by atoms with Crippen LogP contribution in [0.2, 0.25) is 0 Å². The van der Waals surface area contributed by atoms with Gasteiger partial charge in [0.2, 0.25) is 11.8 Å². The van der Waals surface area contributed by atoms with E-state index in [1.165, 1.54) is 4.90 Å². The summed E-state index contributed by atoms with van der Waals surface area (Å²) in [6, 6.07) is 8.60. The molecule has 0 saturated heterocycles. The molecule has 3 rings (SSSR count). The van der Waals surface area contributed by atoms with Crippen molar-refractivity contribution in [2.75, 3.05) is 18.7 Å². The van der Waals surface area contributed by atoms with E-state index in [0.29, 0.717) is 18.1 Å². The molecule has 1 aliphatic rings. The first-order valence-electron chi connectivity index (χ1n) is 9.18. The molecule has 0 radical (unpaired) electrons. The molecule has 28 heavy (non-hydrogen) atoms. The quantitative estimate of drug-likeness (QED) is 0.670. The lowest BCUT2D eigenvalue weighted by Crippen LogP contribution is -2.43. The van der Waals surface area contributed by atoms with Gasteiger partial charge in [0.1, 0.15) is 11.8 Å². The number of rotatable bonds is 7. The fourth-order valence-corrected chi connectivity index (χ4v) is 2.89. The first-order valence-corrected chi connectivity index (χ1v) is 9.18. The van der Waals surface area contributed by atoms with E-state index in [4.69, 9.17) is 9.26 Å².